The quantitative estimate of drug-likeness (QED) is 0.874. The normalized spacial score (nSPS) is 9.86. The second-order valence-electron chi connectivity index (χ2n) is 4.64. The molecule has 0 amide bonds. The van der Waals surface area contributed by atoms with Gasteiger partial charge in [0.05, 0.1) is 6.54 Å². The van der Waals surface area contributed by atoms with Gasteiger partial charge in [-0.05, 0) is 47.9 Å². The van der Waals surface area contributed by atoms with Crippen molar-refractivity contribution in [2.24, 2.45) is 5.73 Å². The van der Waals surface area contributed by atoms with Crippen molar-refractivity contribution in [1.82, 2.24) is 0 Å². The summed E-state index contributed by atoms with van der Waals surface area (Å²) < 4.78 is 19.2. The summed E-state index contributed by atoms with van der Waals surface area (Å²) >= 11 is 0. The molecular weight excluding hydrogens is 265 g/mol. The Balaban J connectivity index is 2.06. The summed E-state index contributed by atoms with van der Waals surface area (Å²) in [6.45, 7) is 2.67. The van der Waals surface area contributed by atoms with Gasteiger partial charge in [-0.3, -0.25) is 0 Å². The van der Waals surface area contributed by atoms with Gasteiger partial charge in [-0.25, -0.2) is 4.39 Å². The molecule has 0 saturated heterocycles. The number of ether oxygens (including phenoxy) is 1. The van der Waals surface area contributed by atoms with Crippen molar-refractivity contribution < 1.29 is 9.13 Å². The van der Waals surface area contributed by atoms with Crippen molar-refractivity contribution in [1.29, 1.82) is 0 Å². The summed E-state index contributed by atoms with van der Waals surface area (Å²) in [6.07, 6.45) is 0.993. The van der Waals surface area contributed by atoms with Gasteiger partial charge in [0, 0.05) is 5.56 Å². The Morgan fingerprint density at radius 3 is 2.52 bits per heavy atom. The van der Waals surface area contributed by atoms with Crippen molar-refractivity contribution in [3.63, 3.8) is 0 Å². The number of hydrogen-bond acceptors (Lipinski definition) is 2. The third-order valence-electron chi connectivity index (χ3n) is 3.03. The number of halogens is 1. The first-order chi connectivity index (χ1) is 10.2. The third kappa shape index (κ3) is 4.62. The largest absolute Gasteiger partial charge is 0.489 e. The van der Waals surface area contributed by atoms with E-state index in [1.54, 1.807) is 0 Å². The van der Waals surface area contributed by atoms with E-state index in [1.807, 2.05) is 30.3 Å². The number of aryl methyl sites for hydroxylation is 1. The summed E-state index contributed by atoms with van der Waals surface area (Å²) in [5, 5.41) is 0. The Bertz CT molecular complexity index is 653. The number of nitrogens with two attached hydrogens (primary N) is 1. The van der Waals surface area contributed by atoms with Gasteiger partial charge in [0.2, 0.25) is 0 Å². The minimum absolute atomic E-state index is 0.256. The highest BCUT2D eigenvalue weighted by atomic mass is 19.1. The minimum atomic E-state index is -0.321. The van der Waals surface area contributed by atoms with Crippen molar-refractivity contribution >= 4 is 0 Å². The van der Waals surface area contributed by atoms with E-state index >= 15 is 0 Å². The zero-order valence-electron chi connectivity index (χ0n) is 12.0. The molecular formula is C18H18FNO. The van der Waals surface area contributed by atoms with Crippen LogP contribution in [-0.4, -0.2) is 6.54 Å². The SMILES string of the molecule is CCc1ccc(OCc2cc(F)cc(C#CCN)c2)cc1. The Kier molecular flexibility index (Phi) is 5.36. The smallest absolute Gasteiger partial charge is 0.124 e. The lowest BCUT2D eigenvalue weighted by molar-refractivity contribution is 0.305. The molecule has 0 aliphatic carbocycles. The van der Waals surface area contributed by atoms with Crippen LogP contribution in [0.3, 0.4) is 0 Å². The molecule has 0 unspecified atom stereocenters. The number of hydrogen-bond donors (Lipinski definition) is 1. The van der Waals surface area contributed by atoms with Gasteiger partial charge in [-0.15, -0.1) is 0 Å². The van der Waals surface area contributed by atoms with E-state index in [9.17, 15) is 4.39 Å². The first kappa shape index (κ1) is 15.1. The molecule has 2 nitrogen and oxygen atoms in total. The lowest BCUT2D eigenvalue weighted by Gasteiger charge is -2.07. The Morgan fingerprint density at radius 2 is 1.86 bits per heavy atom. The molecule has 3 heteroatoms. The molecule has 2 N–H and O–H groups in total. The molecule has 2 aromatic rings. The summed E-state index contributed by atoms with van der Waals surface area (Å²) in [5.74, 6) is 5.99. The second kappa shape index (κ2) is 7.47. The second-order valence-corrected chi connectivity index (χ2v) is 4.64. The van der Waals surface area contributed by atoms with Gasteiger partial charge < -0.3 is 10.5 Å². The summed E-state index contributed by atoms with van der Waals surface area (Å²) in [5.41, 5.74) is 7.93. The topological polar surface area (TPSA) is 35.2 Å². The molecule has 108 valence electrons. The fourth-order valence-electron chi connectivity index (χ4n) is 1.95. The third-order valence-corrected chi connectivity index (χ3v) is 3.03. The van der Waals surface area contributed by atoms with Crippen LogP contribution >= 0.6 is 0 Å². The van der Waals surface area contributed by atoms with Crippen molar-refractivity contribution in [2.45, 2.75) is 20.0 Å². The Labute approximate surface area is 124 Å². The molecule has 0 atom stereocenters. The van der Waals surface area contributed by atoms with Crippen LogP contribution in [0.2, 0.25) is 0 Å². The highest BCUT2D eigenvalue weighted by molar-refractivity contribution is 5.38. The molecule has 0 aliphatic rings. The zero-order chi connectivity index (χ0) is 15.1. The molecule has 0 radical (unpaired) electrons. The molecule has 0 saturated carbocycles. The van der Waals surface area contributed by atoms with E-state index in [0.717, 1.165) is 17.7 Å². The van der Waals surface area contributed by atoms with Gasteiger partial charge in [-0.2, -0.15) is 0 Å². The molecule has 2 aromatic carbocycles. The molecule has 2 rings (SSSR count). The van der Waals surface area contributed by atoms with E-state index in [-0.39, 0.29) is 12.4 Å². The Morgan fingerprint density at radius 1 is 1.10 bits per heavy atom. The van der Waals surface area contributed by atoms with Crippen LogP contribution in [-0.2, 0) is 13.0 Å². The molecule has 0 spiro atoms. The van der Waals surface area contributed by atoms with Crippen LogP contribution in [0.25, 0.3) is 0 Å². The lowest BCUT2D eigenvalue weighted by atomic mass is 10.1. The Hall–Kier alpha value is -2.31. The summed E-state index contributed by atoms with van der Waals surface area (Å²) in [7, 11) is 0. The standard InChI is InChI=1S/C18H18FNO/c1-2-14-5-7-18(8-6-14)21-13-16-10-15(4-3-9-20)11-17(19)12-16/h5-8,10-12H,2,9,13,20H2,1H3. The predicted octanol–water partition coefficient (Wildman–Crippen LogP) is 3.28. The molecule has 0 aromatic heterocycles. The molecule has 0 fully saturated rings. The zero-order valence-corrected chi connectivity index (χ0v) is 12.0. The number of benzene rings is 2. The maximum absolute atomic E-state index is 13.5. The first-order valence-corrected chi connectivity index (χ1v) is 6.91. The maximum atomic E-state index is 13.5. The van der Waals surface area contributed by atoms with Crippen LogP contribution in [0, 0.1) is 17.7 Å². The van der Waals surface area contributed by atoms with Crippen LogP contribution in [0.5, 0.6) is 5.75 Å². The fraction of sp³-hybridized carbons (Fsp3) is 0.222. The predicted molar refractivity (Wildman–Crippen MR) is 82.5 cm³/mol. The van der Waals surface area contributed by atoms with E-state index in [1.165, 1.54) is 17.7 Å². The van der Waals surface area contributed by atoms with E-state index < -0.39 is 0 Å². The van der Waals surface area contributed by atoms with E-state index in [2.05, 4.69) is 18.8 Å². The van der Waals surface area contributed by atoms with Crippen molar-refractivity contribution in [2.75, 3.05) is 6.54 Å². The molecule has 21 heavy (non-hydrogen) atoms. The van der Waals surface area contributed by atoms with Crippen molar-refractivity contribution in [3.8, 4) is 17.6 Å². The fourth-order valence-corrected chi connectivity index (χ4v) is 1.95. The van der Waals surface area contributed by atoms with Crippen molar-refractivity contribution in [3.05, 3.63) is 65.0 Å². The number of rotatable bonds is 4. The summed E-state index contributed by atoms with van der Waals surface area (Å²) in [6, 6.07) is 12.6. The van der Waals surface area contributed by atoms with Gasteiger partial charge in [0.1, 0.15) is 18.2 Å². The van der Waals surface area contributed by atoms with Gasteiger partial charge in [-0.1, -0.05) is 30.9 Å². The van der Waals surface area contributed by atoms with Gasteiger partial charge >= 0.3 is 0 Å². The molecule has 0 bridgehead atoms. The highest BCUT2D eigenvalue weighted by Gasteiger charge is 2.01. The monoisotopic (exact) mass is 283 g/mol. The van der Waals surface area contributed by atoms with Gasteiger partial charge in [0.25, 0.3) is 0 Å². The average molecular weight is 283 g/mol. The van der Waals surface area contributed by atoms with E-state index in [4.69, 9.17) is 10.5 Å². The minimum Gasteiger partial charge on any atom is -0.489 e. The van der Waals surface area contributed by atoms with E-state index in [0.29, 0.717) is 12.2 Å². The molecule has 0 aliphatic heterocycles. The highest BCUT2D eigenvalue weighted by Crippen LogP contribution is 2.16. The molecule has 0 heterocycles. The summed E-state index contributed by atoms with van der Waals surface area (Å²) in [4.78, 5) is 0. The van der Waals surface area contributed by atoms with Crippen LogP contribution in [0.4, 0.5) is 4.39 Å². The van der Waals surface area contributed by atoms with Gasteiger partial charge in [0.15, 0.2) is 0 Å². The van der Waals surface area contributed by atoms with Crippen LogP contribution in [0.1, 0.15) is 23.6 Å². The maximum Gasteiger partial charge on any atom is 0.124 e. The van der Waals surface area contributed by atoms with Crippen LogP contribution in [0.15, 0.2) is 42.5 Å². The lowest BCUT2D eigenvalue weighted by Crippen LogP contribution is -1.98. The van der Waals surface area contributed by atoms with Crippen LogP contribution < -0.4 is 10.5 Å². The first-order valence-electron chi connectivity index (χ1n) is 6.91. The average Bonchev–Trinajstić information content (AvgIpc) is 2.51.